The molecule has 3 nitrogen and oxygen atoms in total. The normalized spacial score (nSPS) is 14.6. The van der Waals surface area contributed by atoms with E-state index in [4.69, 9.17) is 4.42 Å². The van der Waals surface area contributed by atoms with Crippen molar-refractivity contribution in [3.8, 4) is 11.3 Å². The van der Waals surface area contributed by atoms with Gasteiger partial charge in [-0.3, -0.25) is 0 Å². The van der Waals surface area contributed by atoms with Crippen LogP contribution in [0.3, 0.4) is 0 Å². The highest BCUT2D eigenvalue weighted by Gasteiger charge is 2.19. The monoisotopic (exact) mass is 292 g/mol. The SMILES string of the molecule is Cc1cc(-c2cnc(CCCNC3CC3)o2)c(F)cc1F. The molecule has 1 aliphatic carbocycles. The van der Waals surface area contributed by atoms with Gasteiger partial charge in [0.1, 0.15) is 11.6 Å². The molecule has 3 rings (SSSR count). The van der Waals surface area contributed by atoms with Crippen molar-refractivity contribution in [2.24, 2.45) is 0 Å². The molecule has 112 valence electrons. The topological polar surface area (TPSA) is 38.1 Å². The van der Waals surface area contributed by atoms with Crippen molar-refractivity contribution in [3.05, 3.63) is 41.4 Å². The third kappa shape index (κ3) is 3.47. The Labute approximate surface area is 122 Å². The molecule has 0 bridgehead atoms. The summed E-state index contributed by atoms with van der Waals surface area (Å²) < 4.78 is 32.6. The van der Waals surface area contributed by atoms with Gasteiger partial charge in [-0.05, 0) is 44.4 Å². The number of halogens is 2. The van der Waals surface area contributed by atoms with Crippen molar-refractivity contribution in [2.75, 3.05) is 6.54 Å². The van der Waals surface area contributed by atoms with Crippen molar-refractivity contribution in [1.82, 2.24) is 10.3 Å². The number of aryl methyl sites for hydroxylation is 2. The largest absolute Gasteiger partial charge is 0.441 e. The van der Waals surface area contributed by atoms with Crippen LogP contribution in [0.25, 0.3) is 11.3 Å². The lowest BCUT2D eigenvalue weighted by molar-refractivity contribution is 0.487. The van der Waals surface area contributed by atoms with Gasteiger partial charge in [-0.2, -0.15) is 0 Å². The Hall–Kier alpha value is -1.75. The molecule has 0 aliphatic heterocycles. The lowest BCUT2D eigenvalue weighted by Crippen LogP contribution is -2.17. The maximum atomic E-state index is 13.8. The van der Waals surface area contributed by atoms with Gasteiger partial charge < -0.3 is 9.73 Å². The zero-order chi connectivity index (χ0) is 14.8. The number of hydrogen-bond acceptors (Lipinski definition) is 3. The van der Waals surface area contributed by atoms with Gasteiger partial charge in [-0.15, -0.1) is 0 Å². The second kappa shape index (κ2) is 5.93. The summed E-state index contributed by atoms with van der Waals surface area (Å²) in [5.41, 5.74) is 0.640. The molecule has 21 heavy (non-hydrogen) atoms. The molecule has 1 heterocycles. The minimum Gasteiger partial charge on any atom is -0.441 e. The maximum Gasteiger partial charge on any atom is 0.194 e. The Balaban J connectivity index is 1.64. The predicted molar refractivity (Wildman–Crippen MR) is 75.9 cm³/mol. The molecule has 2 aromatic rings. The molecule has 1 fully saturated rings. The Morgan fingerprint density at radius 1 is 1.29 bits per heavy atom. The minimum atomic E-state index is -0.629. The van der Waals surface area contributed by atoms with Crippen LogP contribution in [0.5, 0.6) is 0 Å². The van der Waals surface area contributed by atoms with E-state index in [9.17, 15) is 8.78 Å². The van der Waals surface area contributed by atoms with Gasteiger partial charge in [0.2, 0.25) is 0 Å². The van der Waals surface area contributed by atoms with Crippen LogP contribution < -0.4 is 5.32 Å². The number of benzene rings is 1. The van der Waals surface area contributed by atoms with Gasteiger partial charge in [0.05, 0.1) is 11.8 Å². The second-order valence-corrected chi connectivity index (χ2v) is 5.53. The Bertz CT molecular complexity index is 635. The number of nitrogens with zero attached hydrogens (tertiary/aromatic N) is 1. The third-order valence-corrected chi connectivity index (χ3v) is 3.65. The summed E-state index contributed by atoms with van der Waals surface area (Å²) in [4.78, 5) is 4.16. The lowest BCUT2D eigenvalue weighted by Gasteiger charge is -2.02. The molecule has 1 aromatic carbocycles. The lowest BCUT2D eigenvalue weighted by atomic mass is 10.1. The molecular weight excluding hydrogens is 274 g/mol. The third-order valence-electron chi connectivity index (χ3n) is 3.65. The van der Waals surface area contributed by atoms with E-state index in [0.717, 1.165) is 19.0 Å². The highest BCUT2D eigenvalue weighted by molar-refractivity contribution is 5.58. The highest BCUT2D eigenvalue weighted by Crippen LogP contribution is 2.26. The van der Waals surface area contributed by atoms with Crippen molar-refractivity contribution >= 4 is 0 Å². The molecule has 0 saturated heterocycles. The van der Waals surface area contributed by atoms with Crippen LogP contribution in [0, 0.1) is 18.6 Å². The van der Waals surface area contributed by atoms with E-state index in [2.05, 4.69) is 10.3 Å². The Morgan fingerprint density at radius 3 is 2.86 bits per heavy atom. The zero-order valence-electron chi connectivity index (χ0n) is 12.0. The Morgan fingerprint density at radius 2 is 2.10 bits per heavy atom. The summed E-state index contributed by atoms with van der Waals surface area (Å²) in [6.07, 6.45) is 5.68. The van der Waals surface area contributed by atoms with E-state index in [1.54, 1.807) is 6.92 Å². The van der Waals surface area contributed by atoms with E-state index >= 15 is 0 Å². The first-order chi connectivity index (χ1) is 10.1. The summed E-state index contributed by atoms with van der Waals surface area (Å²) in [5, 5.41) is 3.42. The molecule has 0 atom stereocenters. The van der Waals surface area contributed by atoms with Crippen LogP contribution in [0.1, 0.15) is 30.7 Å². The molecule has 0 amide bonds. The van der Waals surface area contributed by atoms with Gasteiger partial charge in [0.15, 0.2) is 11.7 Å². The summed E-state index contributed by atoms with van der Waals surface area (Å²) >= 11 is 0. The van der Waals surface area contributed by atoms with Crippen LogP contribution in [-0.4, -0.2) is 17.6 Å². The van der Waals surface area contributed by atoms with E-state index in [-0.39, 0.29) is 5.56 Å². The smallest absolute Gasteiger partial charge is 0.194 e. The van der Waals surface area contributed by atoms with Crippen LogP contribution in [0.2, 0.25) is 0 Å². The maximum absolute atomic E-state index is 13.8. The quantitative estimate of drug-likeness (QED) is 0.826. The fourth-order valence-corrected chi connectivity index (χ4v) is 2.23. The number of aromatic nitrogens is 1. The van der Waals surface area contributed by atoms with Crippen molar-refractivity contribution in [2.45, 2.75) is 38.6 Å². The zero-order valence-corrected chi connectivity index (χ0v) is 12.0. The fraction of sp³-hybridized carbons (Fsp3) is 0.438. The van der Waals surface area contributed by atoms with Crippen LogP contribution in [0.15, 0.2) is 22.7 Å². The van der Waals surface area contributed by atoms with E-state index in [1.165, 1.54) is 25.1 Å². The fourth-order valence-electron chi connectivity index (χ4n) is 2.23. The predicted octanol–water partition coefficient (Wildman–Crippen LogP) is 3.61. The number of nitrogens with one attached hydrogen (secondary N) is 1. The molecule has 5 heteroatoms. The highest BCUT2D eigenvalue weighted by atomic mass is 19.1. The van der Waals surface area contributed by atoms with Crippen LogP contribution >= 0.6 is 0 Å². The summed E-state index contributed by atoms with van der Waals surface area (Å²) in [7, 11) is 0. The summed E-state index contributed by atoms with van der Waals surface area (Å²) in [6.45, 7) is 2.53. The minimum absolute atomic E-state index is 0.253. The molecular formula is C16H18F2N2O. The summed E-state index contributed by atoms with van der Waals surface area (Å²) in [6, 6.07) is 3.03. The Kier molecular flexibility index (Phi) is 4.01. The number of oxazole rings is 1. The molecule has 1 aliphatic rings. The van der Waals surface area contributed by atoms with Crippen LogP contribution in [0.4, 0.5) is 8.78 Å². The van der Waals surface area contributed by atoms with E-state index < -0.39 is 11.6 Å². The van der Waals surface area contributed by atoms with Gasteiger partial charge in [0, 0.05) is 18.5 Å². The first-order valence-corrected chi connectivity index (χ1v) is 7.27. The summed E-state index contributed by atoms with van der Waals surface area (Å²) in [5.74, 6) is -0.247. The van der Waals surface area contributed by atoms with Gasteiger partial charge in [0.25, 0.3) is 0 Å². The van der Waals surface area contributed by atoms with E-state index in [0.29, 0.717) is 29.7 Å². The van der Waals surface area contributed by atoms with Crippen molar-refractivity contribution < 1.29 is 13.2 Å². The molecule has 1 N–H and O–H groups in total. The number of hydrogen-bond donors (Lipinski definition) is 1. The molecule has 0 spiro atoms. The second-order valence-electron chi connectivity index (χ2n) is 5.53. The van der Waals surface area contributed by atoms with Crippen molar-refractivity contribution in [3.63, 3.8) is 0 Å². The molecule has 0 radical (unpaired) electrons. The first-order valence-electron chi connectivity index (χ1n) is 7.27. The number of rotatable bonds is 6. The van der Waals surface area contributed by atoms with E-state index in [1.807, 2.05) is 0 Å². The average molecular weight is 292 g/mol. The molecule has 1 aromatic heterocycles. The molecule has 1 saturated carbocycles. The first kappa shape index (κ1) is 14.2. The van der Waals surface area contributed by atoms with Gasteiger partial charge in [-0.25, -0.2) is 13.8 Å². The standard InChI is InChI=1S/C16H18F2N2O/c1-10-7-12(14(18)8-13(10)17)15-9-20-16(21-15)3-2-6-19-11-4-5-11/h7-9,11,19H,2-6H2,1H3. The van der Waals surface area contributed by atoms with Crippen molar-refractivity contribution in [1.29, 1.82) is 0 Å². The molecule has 0 unspecified atom stereocenters. The van der Waals surface area contributed by atoms with Crippen LogP contribution in [-0.2, 0) is 6.42 Å². The van der Waals surface area contributed by atoms with Gasteiger partial charge in [-0.1, -0.05) is 0 Å². The van der Waals surface area contributed by atoms with Gasteiger partial charge >= 0.3 is 0 Å². The average Bonchev–Trinajstić information content (AvgIpc) is 3.16.